The smallest absolute Gasteiger partial charge is 0.242 e. The van der Waals surface area contributed by atoms with Gasteiger partial charge in [0.25, 0.3) is 0 Å². The number of rotatable bonds is 4. The minimum atomic E-state index is -1.01. The van der Waals surface area contributed by atoms with Crippen LogP contribution in [0.1, 0.15) is 34.1 Å². The third-order valence-corrected chi connectivity index (χ3v) is 2.16. The van der Waals surface area contributed by atoms with Crippen molar-refractivity contribution in [3.05, 3.63) is 0 Å². The van der Waals surface area contributed by atoms with E-state index in [0.717, 1.165) is 0 Å². The Hall–Kier alpha value is -1.55. The molecular formula is C11H17N3O. The number of carbonyl (C=O) groups excluding carboxylic acids is 1. The van der Waals surface area contributed by atoms with E-state index in [-0.39, 0.29) is 11.9 Å². The molecule has 0 heterocycles. The minimum Gasteiger partial charge on any atom is -0.338 e. The van der Waals surface area contributed by atoms with Crippen molar-refractivity contribution in [3.8, 4) is 12.1 Å². The van der Waals surface area contributed by atoms with Gasteiger partial charge in [-0.25, -0.2) is 0 Å². The predicted molar refractivity (Wildman–Crippen MR) is 56.5 cm³/mol. The Kier molecular flexibility index (Phi) is 4.81. The molecule has 0 aliphatic carbocycles. The van der Waals surface area contributed by atoms with E-state index in [0.29, 0.717) is 13.0 Å². The Balaban J connectivity index is 4.74. The van der Waals surface area contributed by atoms with Gasteiger partial charge in [0.05, 0.1) is 18.6 Å². The first kappa shape index (κ1) is 13.4. The molecule has 0 N–H and O–H groups in total. The number of carbonyl (C=O) groups is 1. The summed E-state index contributed by atoms with van der Waals surface area (Å²) in [7, 11) is 0. The van der Waals surface area contributed by atoms with Crippen molar-refractivity contribution < 1.29 is 4.79 Å². The van der Waals surface area contributed by atoms with Gasteiger partial charge in [-0.05, 0) is 27.7 Å². The van der Waals surface area contributed by atoms with Crippen molar-refractivity contribution in [1.29, 1.82) is 10.5 Å². The number of hydrogen-bond acceptors (Lipinski definition) is 3. The van der Waals surface area contributed by atoms with E-state index in [2.05, 4.69) is 0 Å². The fourth-order valence-corrected chi connectivity index (χ4v) is 1.17. The van der Waals surface area contributed by atoms with E-state index in [4.69, 9.17) is 10.5 Å². The number of amides is 1. The van der Waals surface area contributed by atoms with Gasteiger partial charge in [-0.15, -0.1) is 0 Å². The van der Waals surface area contributed by atoms with Crippen LogP contribution >= 0.6 is 0 Å². The molecule has 0 fully saturated rings. The number of nitriles is 2. The van der Waals surface area contributed by atoms with Crippen molar-refractivity contribution in [2.24, 2.45) is 5.41 Å². The van der Waals surface area contributed by atoms with E-state index < -0.39 is 5.41 Å². The van der Waals surface area contributed by atoms with Gasteiger partial charge in [-0.3, -0.25) is 4.79 Å². The van der Waals surface area contributed by atoms with Crippen molar-refractivity contribution >= 4 is 5.91 Å². The zero-order valence-electron chi connectivity index (χ0n) is 9.74. The third-order valence-electron chi connectivity index (χ3n) is 2.16. The van der Waals surface area contributed by atoms with Crippen molar-refractivity contribution in [2.45, 2.75) is 40.2 Å². The van der Waals surface area contributed by atoms with Gasteiger partial charge in [-0.1, -0.05) is 0 Å². The SMILES string of the molecule is CC(C)N(CCC#N)C(=O)C(C)(C)C#N. The van der Waals surface area contributed by atoms with Crippen LogP contribution in [0, 0.1) is 28.1 Å². The lowest BCUT2D eigenvalue weighted by Crippen LogP contribution is -2.44. The van der Waals surface area contributed by atoms with Crippen LogP contribution < -0.4 is 0 Å². The Morgan fingerprint density at radius 1 is 1.40 bits per heavy atom. The molecule has 82 valence electrons. The Bertz CT molecular complexity index is 307. The molecule has 0 radical (unpaired) electrons. The Morgan fingerprint density at radius 2 is 1.93 bits per heavy atom. The van der Waals surface area contributed by atoms with Crippen LogP contribution in [0.3, 0.4) is 0 Å². The van der Waals surface area contributed by atoms with Crippen LogP contribution in [-0.4, -0.2) is 23.4 Å². The van der Waals surface area contributed by atoms with E-state index in [1.807, 2.05) is 26.0 Å². The van der Waals surface area contributed by atoms with Crippen LogP contribution in [0.15, 0.2) is 0 Å². The van der Waals surface area contributed by atoms with E-state index in [1.165, 1.54) is 0 Å². The molecule has 4 heteroatoms. The maximum Gasteiger partial charge on any atom is 0.242 e. The second-order valence-corrected chi connectivity index (χ2v) is 4.24. The van der Waals surface area contributed by atoms with E-state index in [1.54, 1.807) is 18.7 Å². The fourth-order valence-electron chi connectivity index (χ4n) is 1.17. The average Bonchev–Trinajstić information content (AvgIpc) is 2.17. The van der Waals surface area contributed by atoms with Gasteiger partial charge >= 0.3 is 0 Å². The summed E-state index contributed by atoms with van der Waals surface area (Å²) < 4.78 is 0. The van der Waals surface area contributed by atoms with Crippen LogP contribution in [0.5, 0.6) is 0 Å². The normalized spacial score (nSPS) is 10.6. The van der Waals surface area contributed by atoms with Gasteiger partial charge < -0.3 is 4.90 Å². The summed E-state index contributed by atoms with van der Waals surface area (Å²) in [5, 5.41) is 17.3. The topological polar surface area (TPSA) is 67.9 Å². The summed E-state index contributed by atoms with van der Waals surface area (Å²) >= 11 is 0. The molecule has 1 amide bonds. The quantitative estimate of drug-likeness (QED) is 0.704. The van der Waals surface area contributed by atoms with E-state index in [9.17, 15) is 4.79 Å². The van der Waals surface area contributed by atoms with Crippen molar-refractivity contribution in [1.82, 2.24) is 4.90 Å². The number of hydrogen-bond donors (Lipinski definition) is 0. The Morgan fingerprint density at radius 3 is 2.27 bits per heavy atom. The molecule has 0 saturated carbocycles. The highest BCUT2D eigenvalue weighted by atomic mass is 16.2. The van der Waals surface area contributed by atoms with Gasteiger partial charge in [0.2, 0.25) is 5.91 Å². The summed E-state index contributed by atoms with van der Waals surface area (Å²) in [4.78, 5) is 13.5. The van der Waals surface area contributed by atoms with Crippen LogP contribution in [0.25, 0.3) is 0 Å². The summed E-state index contributed by atoms with van der Waals surface area (Å²) in [5.41, 5.74) is -1.01. The first-order valence-corrected chi connectivity index (χ1v) is 4.96. The summed E-state index contributed by atoms with van der Waals surface area (Å²) in [6.45, 7) is 7.33. The molecule has 4 nitrogen and oxygen atoms in total. The zero-order valence-corrected chi connectivity index (χ0v) is 9.74. The lowest BCUT2D eigenvalue weighted by atomic mass is 9.93. The molecule has 15 heavy (non-hydrogen) atoms. The van der Waals surface area contributed by atoms with Crippen LogP contribution in [0.2, 0.25) is 0 Å². The van der Waals surface area contributed by atoms with Gasteiger partial charge in [0.1, 0.15) is 5.41 Å². The predicted octanol–water partition coefficient (Wildman–Crippen LogP) is 1.69. The molecule has 0 aliphatic rings. The van der Waals surface area contributed by atoms with Crippen LogP contribution in [0.4, 0.5) is 0 Å². The van der Waals surface area contributed by atoms with Crippen molar-refractivity contribution in [3.63, 3.8) is 0 Å². The number of nitrogens with zero attached hydrogens (tertiary/aromatic N) is 3. The molecule has 0 aliphatic heterocycles. The third kappa shape index (κ3) is 3.59. The molecule has 0 aromatic rings. The first-order valence-electron chi connectivity index (χ1n) is 4.96. The van der Waals surface area contributed by atoms with Crippen LogP contribution in [-0.2, 0) is 4.79 Å². The highest BCUT2D eigenvalue weighted by molar-refractivity contribution is 5.84. The standard InChI is InChI=1S/C11H17N3O/c1-9(2)14(7-5-6-12)10(15)11(3,4)8-13/h9H,5,7H2,1-4H3. The lowest BCUT2D eigenvalue weighted by molar-refractivity contribution is -0.139. The largest absolute Gasteiger partial charge is 0.338 e. The lowest BCUT2D eigenvalue weighted by Gasteiger charge is -2.30. The van der Waals surface area contributed by atoms with Crippen molar-refractivity contribution in [2.75, 3.05) is 6.54 Å². The fraction of sp³-hybridized carbons (Fsp3) is 0.727. The summed E-state index contributed by atoms with van der Waals surface area (Å²) in [6, 6.07) is 3.99. The van der Waals surface area contributed by atoms with E-state index >= 15 is 0 Å². The molecule has 0 aromatic carbocycles. The molecule has 0 atom stereocenters. The molecule has 0 aromatic heterocycles. The maximum atomic E-state index is 11.9. The second-order valence-electron chi connectivity index (χ2n) is 4.24. The molecule has 0 rings (SSSR count). The molecule has 0 saturated heterocycles. The summed E-state index contributed by atoms with van der Waals surface area (Å²) in [6.07, 6.45) is 0.297. The molecular weight excluding hydrogens is 190 g/mol. The average molecular weight is 207 g/mol. The minimum absolute atomic E-state index is 0.0125. The molecule has 0 unspecified atom stereocenters. The second kappa shape index (κ2) is 5.36. The van der Waals surface area contributed by atoms with Gasteiger partial charge in [0, 0.05) is 12.6 Å². The van der Waals surface area contributed by atoms with Gasteiger partial charge in [-0.2, -0.15) is 10.5 Å². The zero-order chi connectivity index (χ0) is 12.1. The monoisotopic (exact) mass is 207 g/mol. The maximum absolute atomic E-state index is 11.9. The Labute approximate surface area is 91.1 Å². The summed E-state index contributed by atoms with van der Waals surface area (Å²) in [5.74, 6) is -0.213. The molecule has 0 spiro atoms. The molecule has 0 bridgehead atoms. The first-order chi connectivity index (χ1) is 6.86. The highest BCUT2D eigenvalue weighted by Gasteiger charge is 2.32. The van der Waals surface area contributed by atoms with Gasteiger partial charge in [0.15, 0.2) is 0 Å². The highest BCUT2D eigenvalue weighted by Crippen LogP contribution is 2.19.